The zero-order valence-corrected chi connectivity index (χ0v) is 32.2. The third-order valence-corrected chi connectivity index (χ3v) is 12.3. The van der Waals surface area contributed by atoms with E-state index in [0.717, 1.165) is 17.1 Å². The molecule has 0 N–H and O–H groups in total. The van der Waals surface area contributed by atoms with Crippen LogP contribution >= 0.6 is 0 Å². The second kappa shape index (κ2) is 13.4. The molecule has 0 spiro atoms. The van der Waals surface area contributed by atoms with Gasteiger partial charge in [0, 0.05) is 29.2 Å². The number of aromatic nitrogens is 1. The van der Waals surface area contributed by atoms with Crippen LogP contribution in [0.25, 0.3) is 98.7 Å². The third kappa shape index (κ3) is 5.17. The van der Waals surface area contributed by atoms with Crippen molar-refractivity contribution in [3.8, 4) is 55.6 Å². The Morgan fingerprint density at radius 3 is 1.47 bits per heavy atom. The fourth-order valence-electron chi connectivity index (χ4n) is 9.79. The predicted molar refractivity (Wildman–Crippen MR) is 250 cm³/mol. The largest absolute Gasteiger partial charge is 0.310 e. The normalized spacial score (nSPS) is 11.7. The van der Waals surface area contributed by atoms with Crippen molar-refractivity contribution in [2.24, 2.45) is 0 Å². The predicted octanol–water partition coefficient (Wildman–Crippen LogP) is 15.8. The molecule has 10 aromatic carbocycles. The molecule has 1 aliphatic carbocycles. The summed E-state index contributed by atoms with van der Waals surface area (Å²) in [7, 11) is 0. The first-order valence-corrected chi connectivity index (χ1v) is 20.3. The van der Waals surface area contributed by atoms with E-state index in [2.05, 4.69) is 216 Å². The lowest BCUT2D eigenvalue weighted by atomic mass is 9.82. The average Bonchev–Trinajstić information content (AvgIpc) is 3.64. The maximum absolute atomic E-state index is 4.38. The summed E-state index contributed by atoms with van der Waals surface area (Å²) in [4.78, 5) is 6.74. The van der Waals surface area contributed by atoms with Gasteiger partial charge in [-0.3, -0.25) is 4.98 Å². The summed E-state index contributed by atoms with van der Waals surface area (Å²) in [6.45, 7) is 0. The van der Waals surface area contributed by atoms with Gasteiger partial charge in [0.05, 0.1) is 5.69 Å². The molecule has 0 saturated carbocycles. The summed E-state index contributed by atoms with van der Waals surface area (Å²) in [5, 5.41) is 10.0. The first kappa shape index (κ1) is 33.3. The number of hydrogen-bond acceptors (Lipinski definition) is 2. The van der Waals surface area contributed by atoms with E-state index >= 15 is 0 Å². The molecule has 0 radical (unpaired) electrons. The van der Waals surface area contributed by atoms with E-state index in [4.69, 9.17) is 0 Å². The Bertz CT molecular complexity index is 3320. The molecule has 2 heteroatoms. The highest BCUT2D eigenvalue weighted by Crippen LogP contribution is 2.58. The number of rotatable bonds is 6. The Kier molecular flexibility index (Phi) is 7.57. The maximum atomic E-state index is 4.38. The van der Waals surface area contributed by atoms with Crippen molar-refractivity contribution in [3.63, 3.8) is 0 Å². The number of hydrogen-bond donors (Lipinski definition) is 0. The number of pyridine rings is 1. The summed E-state index contributed by atoms with van der Waals surface area (Å²) in [5.41, 5.74) is 16.0. The summed E-state index contributed by atoms with van der Waals surface area (Å²) in [6.07, 6.45) is 3.75. The van der Waals surface area contributed by atoms with Gasteiger partial charge in [0.25, 0.3) is 0 Å². The second-order valence-corrected chi connectivity index (χ2v) is 15.4. The molecule has 0 aliphatic heterocycles. The summed E-state index contributed by atoms with van der Waals surface area (Å²) in [6, 6.07) is 75.5. The van der Waals surface area contributed by atoms with Gasteiger partial charge in [0.1, 0.15) is 0 Å². The van der Waals surface area contributed by atoms with Crippen LogP contribution in [0.4, 0.5) is 17.1 Å². The second-order valence-electron chi connectivity index (χ2n) is 15.4. The Morgan fingerprint density at radius 2 is 0.814 bits per heavy atom. The maximum Gasteiger partial charge on any atom is 0.0546 e. The van der Waals surface area contributed by atoms with Gasteiger partial charge in [-0.25, -0.2) is 0 Å². The quantitative estimate of drug-likeness (QED) is 0.157. The van der Waals surface area contributed by atoms with E-state index in [-0.39, 0.29) is 0 Å². The fourth-order valence-corrected chi connectivity index (χ4v) is 9.79. The van der Waals surface area contributed by atoms with Crippen LogP contribution in [-0.2, 0) is 0 Å². The molecule has 11 aromatic rings. The summed E-state index contributed by atoms with van der Waals surface area (Å²) in [5.74, 6) is 0. The topological polar surface area (TPSA) is 16.1 Å². The van der Waals surface area contributed by atoms with Crippen LogP contribution < -0.4 is 4.90 Å². The highest BCUT2D eigenvalue weighted by Gasteiger charge is 2.31. The summed E-state index contributed by atoms with van der Waals surface area (Å²) >= 11 is 0. The Labute approximate surface area is 342 Å². The van der Waals surface area contributed by atoms with Crippen LogP contribution in [0.15, 0.2) is 219 Å². The lowest BCUT2D eigenvalue weighted by molar-refractivity contribution is 1.25. The number of anilines is 3. The van der Waals surface area contributed by atoms with Gasteiger partial charge in [-0.2, -0.15) is 0 Å². The highest BCUT2D eigenvalue weighted by molar-refractivity contribution is 6.29. The molecular formula is C57H36N2. The lowest BCUT2D eigenvalue weighted by Gasteiger charge is -2.27. The molecule has 1 aliphatic rings. The Morgan fingerprint density at radius 1 is 0.305 bits per heavy atom. The van der Waals surface area contributed by atoms with E-state index in [9.17, 15) is 0 Å². The van der Waals surface area contributed by atoms with Crippen LogP contribution in [0.5, 0.6) is 0 Å². The van der Waals surface area contributed by atoms with Crippen molar-refractivity contribution in [2.75, 3.05) is 4.90 Å². The molecule has 1 aromatic heterocycles. The van der Waals surface area contributed by atoms with Gasteiger partial charge in [-0.05, 0) is 124 Å². The van der Waals surface area contributed by atoms with Crippen molar-refractivity contribution < 1.29 is 0 Å². The molecule has 0 saturated heterocycles. The average molecular weight is 749 g/mol. The zero-order valence-electron chi connectivity index (χ0n) is 32.2. The Balaban J connectivity index is 1.06. The van der Waals surface area contributed by atoms with E-state index < -0.39 is 0 Å². The highest BCUT2D eigenvalue weighted by atomic mass is 15.1. The molecule has 12 rings (SSSR count). The van der Waals surface area contributed by atoms with Gasteiger partial charge in [0.15, 0.2) is 0 Å². The molecular weight excluding hydrogens is 713 g/mol. The van der Waals surface area contributed by atoms with Crippen molar-refractivity contribution in [1.82, 2.24) is 4.98 Å². The smallest absolute Gasteiger partial charge is 0.0546 e. The Hall–Kier alpha value is -7.81. The molecule has 0 unspecified atom stereocenters. The van der Waals surface area contributed by atoms with Gasteiger partial charge in [-0.1, -0.05) is 176 Å². The van der Waals surface area contributed by atoms with Crippen molar-refractivity contribution in [1.29, 1.82) is 0 Å². The monoisotopic (exact) mass is 748 g/mol. The minimum Gasteiger partial charge on any atom is -0.310 e. The van der Waals surface area contributed by atoms with Crippen LogP contribution in [0.3, 0.4) is 0 Å². The molecule has 0 fully saturated rings. The first-order valence-electron chi connectivity index (χ1n) is 20.3. The molecule has 0 amide bonds. The number of fused-ring (bicyclic) bond motifs is 7. The van der Waals surface area contributed by atoms with Gasteiger partial charge < -0.3 is 4.90 Å². The van der Waals surface area contributed by atoms with Gasteiger partial charge in [-0.15, -0.1) is 0 Å². The van der Waals surface area contributed by atoms with E-state index in [1.807, 2.05) is 12.4 Å². The van der Waals surface area contributed by atoms with Crippen molar-refractivity contribution in [2.45, 2.75) is 0 Å². The van der Waals surface area contributed by atoms with Crippen LogP contribution in [0.1, 0.15) is 0 Å². The molecule has 2 nitrogen and oxygen atoms in total. The van der Waals surface area contributed by atoms with Crippen LogP contribution in [-0.4, -0.2) is 4.98 Å². The molecule has 1 heterocycles. The van der Waals surface area contributed by atoms with Gasteiger partial charge in [0.2, 0.25) is 0 Å². The molecule has 0 bridgehead atoms. The third-order valence-electron chi connectivity index (χ3n) is 12.3. The minimum atomic E-state index is 1.06. The minimum absolute atomic E-state index is 1.06. The van der Waals surface area contributed by atoms with Crippen molar-refractivity contribution in [3.05, 3.63) is 219 Å². The number of nitrogens with zero attached hydrogens (tertiary/aromatic N) is 2. The SMILES string of the molecule is c1ccc(-c2c3c(c(-c4ccccc4)c4ccccc24)-c2ccc(-c4ccc(N(c5ccncc5)c5cc6ccccc6c6ccccc56)cc4)c4cccc-3c24)cc1. The van der Waals surface area contributed by atoms with E-state index in [1.54, 1.807) is 0 Å². The first-order chi connectivity index (χ1) is 29.3. The lowest BCUT2D eigenvalue weighted by Crippen LogP contribution is -2.10. The standard InChI is InChI=1S/C57H36N2/c1-3-14-38(15-4-1)53-48-22-11-12-23-49(48)54(39-16-5-2-6-17-39)57-51-31-30-44(47-24-13-25-50(55(47)51)56(53)57)37-26-28-41(29-27-37)59(42-32-34-58-35-33-42)52-36-40-18-7-8-19-43(40)45-20-9-10-21-46(45)52/h1-36H. The van der Waals surface area contributed by atoms with E-state index in [0.29, 0.717) is 0 Å². The number of benzene rings is 10. The van der Waals surface area contributed by atoms with Gasteiger partial charge >= 0.3 is 0 Å². The van der Waals surface area contributed by atoms with E-state index in [1.165, 1.54) is 98.7 Å². The molecule has 274 valence electrons. The molecule has 59 heavy (non-hydrogen) atoms. The summed E-state index contributed by atoms with van der Waals surface area (Å²) < 4.78 is 0. The van der Waals surface area contributed by atoms with Crippen LogP contribution in [0.2, 0.25) is 0 Å². The van der Waals surface area contributed by atoms with Crippen molar-refractivity contribution >= 4 is 60.2 Å². The van der Waals surface area contributed by atoms with Crippen LogP contribution in [0, 0.1) is 0 Å². The molecule has 0 atom stereocenters. The zero-order chi connectivity index (χ0) is 38.9. The fraction of sp³-hybridized carbons (Fsp3) is 0.